The lowest BCUT2D eigenvalue weighted by atomic mass is 10.1. The molecule has 0 bridgehead atoms. The van der Waals surface area contributed by atoms with Crippen LogP contribution in [0, 0.1) is 0 Å². The molecule has 0 aliphatic carbocycles. The maximum absolute atomic E-state index is 12.2. The van der Waals surface area contributed by atoms with Crippen LogP contribution in [-0.2, 0) is 19.1 Å². The van der Waals surface area contributed by atoms with E-state index in [9.17, 15) is 14.4 Å². The Morgan fingerprint density at radius 1 is 1.33 bits per heavy atom. The van der Waals surface area contributed by atoms with Crippen LogP contribution in [0.2, 0.25) is 0 Å². The van der Waals surface area contributed by atoms with Crippen LogP contribution in [0.25, 0.3) is 0 Å². The van der Waals surface area contributed by atoms with Crippen molar-refractivity contribution in [2.24, 2.45) is 0 Å². The number of carbonyl (C=O) groups is 3. The fourth-order valence-corrected chi connectivity index (χ4v) is 2.27. The number of hydrogen-bond acceptors (Lipinski definition) is 6. The van der Waals surface area contributed by atoms with Gasteiger partial charge in [0.05, 0.1) is 18.6 Å². The van der Waals surface area contributed by atoms with Crippen molar-refractivity contribution in [2.75, 3.05) is 20.1 Å². The Balaban J connectivity index is 2.66. The van der Waals surface area contributed by atoms with Gasteiger partial charge in [-0.15, -0.1) is 0 Å². The van der Waals surface area contributed by atoms with Crippen molar-refractivity contribution in [2.45, 2.75) is 58.2 Å². The summed E-state index contributed by atoms with van der Waals surface area (Å²) in [5.74, 6) is -1.35. The molecule has 1 aliphatic rings. The van der Waals surface area contributed by atoms with E-state index >= 15 is 0 Å². The lowest BCUT2D eigenvalue weighted by molar-refractivity contribution is -0.164. The van der Waals surface area contributed by atoms with Crippen molar-refractivity contribution >= 4 is 17.5 Å². The van der Waals surface area contributed by atoms with Crippen LogP contribution in [0.5, 0.6) is 0 Å². The molecule has 6 heteroatoms. The second-order valence-corrected chi connectivity index (χ2v) is 6.47. The summed E-state index contributed by atoms with van der Waals surface area (Å²) in [6, 6.07) is -0.796. The van der Waals surface area contributed by atoms with Gasteiger partial charge in [-0.3, -0.25) is 14.5 Å². The Labute approximate surface area is 126 Å². The Hall–Kier alpha value is -1.27. The Morgan fingerprint density at radius 2 is 1.95 bits per heavy atom. The number of nitrogens with zero attached hydrogens (tertiary/aromatic N) is 1. The van der Waals surface area contributed by atoms with Crippen LogP contribution in [0.15, 0.2) is 0 Å². The molecule has 6 nitrogen and oxygen atoms in total. The lowest BCUT2D eigenvalue weighted by Gasteiger charge is -2.25. The van der Waals surface area contributed by atoms with Gasteiger partial charge < -0.3 is 10.1 Å². The number of ether oxygens (including phenoxy) is 1. The molecule has 21 heavy (non-hydrogen) atoms. The number of hydrogen-bond donors (Lipinski definition) is 1. The first-order valence-electron chi connectivity index (χ1n) is 7.37. The average Bonchev–Trinajstić information content (AvgIpc) is 2.82. The number of likely N-dealkylation sites (tertiary alicyclic amines) is 1. The Kier molecular flexibility index (Phi) is 6.04. The van der Waals surface area contributed by atoms with E-state index in [-0.39, 0.29) is 18.4 Å². The number of esters is 1. The number of carbonyl (C=O) groups excluding carboxylic acids is 3. The summed E-state index contributed by atoms with van der Waals surface area (Å²) in [5, 5.41) is 2.88. The molecule has 1 heterocycles. The molecule has 1 fully saturated rings. The van der Waals surface area contributed by atoms with E-state index < -0.39 is 23.4 Å². The largest absolute Gasteiger partial charge is 0.454 e. The molecule has 0 spiro atoms. The van der Waals surface area contributed by atoms with Crippen molar-refractivity contribution in [3.63, 3.8) is 0 Å². The topological polar surface area (TPSA) is 75.7 Å². The maximum atomic E-state index is 12.2. The third-order valence-electron chi connectivity index (χ3n) is 3.54. The highest BCUT2D eigenvalue weighted by Gasteiger charge is 2.37. The van der Waals surface area contributed by atoms with Gasteiger partial charge in [-0.1, -0.05) is 0 Å². The molecule has 0 aromatic rings. The van der Waals surface area contributed by atoms with Gasteiger partial charge in [0.15, 0.2) is 5.78 Å². The normalized spacial score (nSPS) is 21.1. The number of rotatable bonds is 6. The predicted molar refractivity (Wildman–Crippen MR) is 79.0 cm³/mol. The van der Waals surface area contributed by atoms with Crippen LogP contribution < -0.4 is 5.32 Å². The standard InChI is InChI=1S/C15H26N2O4/c1-10(16-5)12(18)9-17-8-6-7-11(17)13(19)14(20)21-15(2,3)4/h10-11,16H,6-9H2,1-5H3/t10-,11-/m0/s1. The van der Waals surface area contributed by atoms with Crippen LogP contribution in [-0.4, -0.2) is 60.3 Å². The zero-order chi connectivity index (χ0) is 16.2. The lowest BCUT2D eigenvalue weighted by Crippen LogP contribution is -2.47. The van der Waals surface area contributed by atoms with Gasteiger partial charge in [-0.2, -0.15) is 0 Å². The third-order valence-corrected chi connectivity index (χ3v) is 3.54. The molecule has 0 aromatic carbocycles. The molecule has 1 rings (SSSR count). The summed E-state index contributed by atoms with van der Waals surface area (Å²) >= 11 is 0. The molecule has 0 aromatic heterocycles. The number of likely N-dealkylation sites (N-methyl/N-ethyl adjacent to an activating group) is 1. The van der Waals surface area contributed by atoms with Gasteiger partial charge in [0.25, 0.3) is 5.78 Å². The average molecular weight is 298 g/mol. The van der Waals surface area contributed by atoms with E-state index in [0.717, 1.165) is 6.42 Å². The first-order chi connectivity index (χ1) is 9.65. The van der Waals surface area contributed by atoms with Gasteiger partial charge in [-0.05, 0) is 54.1 Å². The molecular weight excluding hydrogens is 272 g/mol. The van der Waals surface area contributed by atoms with Crippen molar-refractivity contribution in [3.8, 4) is 0 Å². The smallest absolute Gasteiger partial charge is 0.376 e. The summed E-state index contributed by atoms with van der Waals surface area (Å²) in [6.07, 6.45) is 1.40. The fourth-order valence-electron chi connectivity index (χ4n) is 2.27. The number of ketones is 2. The molecular formula is C15H26N2O4. The molecule has 0 unspecified atom stereocenters. The van der Waals surface area contributed by atoms with Crippen molar-refractivity contribution in [1.29, 1.82) is 0 Å². The fraction of sp³-hybridized carbons (Fsp3) is 0.800. The van der Waals surface area contributed by atoms with Gasteiger partial charge in [0.1, 0.15) is 5.60 Å². The summed E-state index contributed by atoms with van der Waals surface area (Å²) in [5.41, 5.74) is -0.688. The second kappa shape index (κ2) is 7.13. The Morgan fingerprint density at radius 3 is 2.48 bits per heavy atom. The molecule has 0 radical (unpaired) electrons. The van der Waals surface area contributed by atoms with Crippen LogP contribution in [0.1, 0.15) is 40.5 Å². The van der Waals surface area contributed by atoms with Gasteiger partial charge >= 0.3 is 5.97 Å². The molecule has 1 aliphatic heterocycles. The maximum Gasteiger partial charge on any atom is 0.376 e. The zero-order valence-corrected chi connectivity index (χ0v) is 13.6. The molecule has 1 saturated heterocycles. The molecule has 2 atom stereocenters. The molecule has 0 amide bonds. The minimum Gasteiger partial charge on any atom is -0.454 e. The summed E-state index contributed by atoms with van der Waals surface area (Å²) in [7, 11) is 1.72. The number of nitrogens with one attached hydrogen (secondary N) is 1. The van der Waals surface area contributed by atoms with E-state index in [1.807, 2.05) is 0 Å². The van der Waals surface area contributed by atoms with Crippen molar-refractivity contribution in [3.05, 3.63) is 0 Å². The highest BCUT2D eigenvalue weighted by atomic mass is 16.6. The van der Waals surface area contributed by atoms with Gasteiger partial charge in [0.2, 0.25) is 0 Å². The summed E-state index contributed by atoms with van der Waals surface area (Å²) in [6.45, 7) is 7.79. The van der Waals surface area contributed by atoms with Crippen molar-refractivity contribution < 1.29 is 19.1 Å². The van der Waals surface area contributed by atoms with Crippen molar-refractivity contribution in [1.82, 2.24) is 10.2 Å². The number of Topliss-reactive ketones (excluding diaryl/α,β-unsaturated/α-hetero) is 2. The van der Waals surface area contributed by atoms with E-state index in [4.69, 9.17) is 4.74 Å². The second-order valence-electron chi connectivity index (χ2n) is 6.47. The third kappa shape index (κ3) is 5.21. The minimum absolute atomic E-state index is 0.0152. The highest BCUT2D eigenvalue weighted by molar-refractivity contribution is 6.35. The molecule has 1 N–H and O–H groups in total. The zero-order valence-electron chi connectivity index (χ0n) is 13.6. The van der Waals surface area contributed by atoms with Gasteiger partial charge in [-0.25, -0.2) is 4.79 Å². The Bertz CT molecular complexity index is 414. The van der Waals surface area contributed by atoms with Crippen LogP contribution in [0.4, 0.5) is 0 Å². The SMILES string of the molecule is CN[C@@H](C)C(=O)CN1CCC[C@H]1C(=O)C(=O)OC(C)(C)C. The molecule has 0 saturated carbocycles. The van der Waals surface area contributed by atoms with E-state index in [1.54, 1.807) is 39.6 Å². The summed E-state index contributed by atoms with van der Waals surface area (Å²) < 4.78 is 5.12. The minimum atomic E-state index is -0.812. The molecule has 120 valence electrons. The van der Waals surface area contributed by atoms with E-state index in [0.29, 0.717) is 13.0 Å². The first kappa shape index (κ1) is 17.8. The highest BCUT2D eigenvalue weighted by Crippen LogP contribution is 2.19. The summed E-state index contributed by atoms with van der Waals surface area (Å²) in [4.78, 5) is 37.8. The van der Waals surface area contributed by atoms with Crippen LogP contribution >= 0.6 is 0 Å². The van der Waals surface area contributed by atoms with Crippen LogP contribution in [0.3, 0.4) is 0 Å². The first-order valence-corrected chi connectivity index (χ1v) is 7.37. The van der Waals surface area contributed by atoms with Gasteiger partial charge in [0, 0.05) is 0 Å². The monoisotopic (exact) mass is 298 g/mol. The predicted octanol–water partition coefficient (Wildman–Crippen LogP) is 0.539. The quantitative estimate of drug-likeness (QED) is 0.570. The van der Waals surface area contributed by atoms with E-state index in [1.165, 1.54) is 0 Å². The van der Waals surface area contributed by atoms with E-state index in [2.05, 4.69) is 5.32 Å².